The number of fused-ring (bicyclic) bond motifs is 3. The molecular weight excluding hydrogens is 681 g/mol. The lowest BCUT2D eigenvalue weighted by molar-refractivity contribution is 0.300. The normalized spacial score (nSPS) is 13.9. The maximum atomic E-state index is 12.4. The van der Waals surface area contributed by atoms with Crippen LogP contribution >= 0.6 is 23.5 Å². The van der Waals surface area contributed by atoms with Gasteiger partial charge in [-0.15, -0.1) is 23.5 Å². The molecule has 2 atom stereocenters. The number of hydrogen-bond acceptors (Lipinski definition) is 10. The second-order valence-electron chi connectivity index (χ2n) is 10.9. The first-order chi connectivity index (χ1) is 22.5. The van der Waals surface area contributed by atoms with Gasteiger partial charge in [0, 0.05) is 33.4 Å². The van der Waals surface area contributed by atoms with Crippen LogP contribution in [-0.4, -0.2) is 62.7 Å². The van der Waals surface area contributed by atoms with Gasteiger partial charge in [-0.25, -0.2) is 0 Å². The summed E-state index contributed by atoms with van der Waals surface area (Å²) in [7, 11) is -9.43. The fourth-order valence-corrected chi connectivity index (χ4v) is 8.56. The van der Waals surface area contributed by atoms with Crippen molar-refractivity contribution >= 4 is 43.8 Å². The van der Waals surface area contributed by atoms with E-state index in [-0.39, 0.29) is 35.2 Å². The van der Waals surface area contributed by atoms with Crippen LogP contribution in [0, 0.1) is 0 Å². The molecule has 0 saturated carbocycles. The van der Waals surface area contributed by atoms with Crippen molar-refractivity contribution in [3.63, 3.8) is 0 Å². The van der Waals surface area contributed by atoms with Crippen molar-refractivity contribution in [2.45, 2.75) is 49.3 Å². The average Bonchev–Trinajstić information content (AvgIpc) is 3.39. The molecule has 47 heavy (non-hydrogen) atoms. The van der Waals surface area contributed by atoms with Crippen LogP contribution < -0.4 is 20.9 Å². The van der Waals surface area contributed by atoms with E-state index in [0.29, 0.717) is 54.6 Å². The predicted octanol–water partition coefficient (Wildman–Crippen LogP) is 5.53. The molecule has 4 aromatic rings. The summed E-state index contributed by atoms with van der Waals surface area (Å²) in [6.45, 7) is 1.06. The minimum atomic E-state index is -4.71. The summed E-state index contributed by atoms with van der Waals surface area (Å²) in [5.41, 5.74) is 14.1. The van der Waals surface area contributed by atoms with Gasteiger partial charge in [0.2, 0.25) is 0 Å². The van der Waals surface area contributed by atoms with Gasteiger partial charge in [-0.1, -0.05) is 36.4 Å². The van der Waals surface area contributed by atoms with Gasteiger partial charge in [-0.2, -0.15) is 16.8 Å². The van der Waals surface area contributed by atoms with Gasteiger partial charge in [-0.05, 0) is 90.0 Å². The molecule has 10 nitrogen and oxygen atoms in total. The molecule has 0 aliphatic heterocycles. The Morgan fingerprint density at radius 2 is 1.02 bits per heavy atom. The zero-order chi connectivity index (χ0) is 33.6. The van der Waals surface area contributed by atoms with Gasteiger partial charge in [-0.3, -0.25) is 9.11 Å². The van der Waals surface area contributed by atoms with Crippen molar-refractivity contribution in [3.05, 3.63) is 96.1 Å². The van der Waals surface area contributed by atoms with E-state index in [1.54, 1.807) is 35.7 Å². The highest BCUT2D eigenvalue weighted by Crippen LogP contribution is 2.45. The summed E-state index contributed by atoms with van der Waals surface area (Å²) in [6, 6.07) is 25.1. The van der Waals surface area contributed by atoms with E-state index >= 15 is 0 Å². The third-order valence-corrected chi connectivity index (χ3v) is 11.9. The van der Waals surface area contributed by atoms with Crippen molar-refractivity contribution < 1.29 is 35.4 Å². The van der Waals surface area contributed by atoms with E-state index in [9.17, 15) is 25.9 Å². The molecule has 4 aromatic carbocycles. The number of thioether (sulfide) groups is 2. The zero-order valence-corrected chi connectivity index (χ0v) is 28.6. The molecule has 0 bridgehead atoms. The van der Waals surface area contributed by atoms with Gasteiger partial charge in [0.1, 0.15) is 21.3 Å². The lowest BCUT2D eigenvalue weighted by Crippen LogP contribution is -2.20. The van der Waals surface area contributed by atoms with E-state index in [1.807, 2.05) is 60.7 Å². The van der Waals surface area contributed by atoms with E-state index < -0.39 is 30.0 Å². The molecule has 0 saturated heterocycles. The Bertz CT molecular complexity index is 1770. The van der Waals surface area contributed by atoms with Crippen LogP contribution in [0.3, 0.4) is 0 Å². The number of benzene rings is 4. The van der Waals surface area contributed by atoms with E-state index in [4.69, 9.17) is 20.9 Å². The summed E-state index contributed by atoms with van der Waals surface area (Å²) in [5, 5.41) is 0.0270. The van der Waals surface area contributed by atoms with Gasteiger partial charge < -0.3 is 20.9 Å². The predicted molar refractivity (Wildman–Crippen MR) is 185 cm³/mol. The quantitative estimate of drug-likeness (QED) is 0.0743. The first-order valence-electron chi connectivity index (χ1n) is 14.8. The number of hydrogen-bond donors (Lipinski definition) is 4. The Balaban J connectivity index is 1.35. The number of ether oxygens (including phenoxy) is 2. The maximum Gasteiger partial charge on any atom is 0.298 e. The Morgan fingerprint density at radius 1 is 0.638 bits per heavy atom. The van der Waals surface area contributed by atoms with Crippen molar-refractivity contribution in [1.82, 2.24) is 0 Å². The molecule has 1 aliphatic carbocycles. The fourth-order valence-electron chi connectivity index (χ4n) is 5.27. The first-order valence-corrected chi connectivity index (χ1v) is 19.5. The lowest BCUT2D eigenvalue weighted by atomic mass is 10.1. The van der Waals surface area contributed by atoms with Gasteiger partial charge in [0.05, 0.1) is 13.2 Å². The summed E-state index contributed by atoms with van der Waals surface area (Å²) in [6.07, 6.45) is 1.36. The molecule has 1 aliphatic rings. The topological polar surface area (TPSA) is 179 Å². The maximum absolute atomic E-state index is 12.4. The fraction of sp³-hybridized carbons (Fsp3) is 0.273. The molecule has 5 rings (SSSR count). The van der Waals surface area contributed by atoms with Crippen molar-refractivity contribution in [3.8, 4) is 22.6 Å². The third kappa shape index (κ3) is 9.09. The van der Waals surface area contributed by atoms with Crippen LogP contribution in [0.5, 0.6) is 11.5 Å². The summed E-state index contributed by atoms with van der Waals surface area (Å²) in [4.78, 5) is 1.22. The molecule has 14 heteroatoms. The first kappa shape index (κ1) is 35.2. The number of nitrogens with two attached hydrogens (primary N) is 2. The average molecular weight is 717 g/mol. The highest BCUT2D eigenvalue weighted by atomic mass is 32.2. The molecule has 250 valence electrons. The van der Waals surface area contributed by atoms with E-state index in [0.717, 1.165) is 9.79 Å². The summed E-state index contributed by atoms with van der Waals surface area (Å²) in [5.74, 6) is -0.0375. The molecule has 0 fully saturated rings. The molecule has 0 heterocycles. The summed E-state index contributed by atoms with van der Waals surface area (Å²) < 4.78 is 81.7. The van der Waals surface area contributed by atoms with E-state index in [2.05, 4.69) is 0 Å². The van der Waals surface area contributed by atoms with Crippen molar-refractivity contribution in [1.29, 1.82) is 0 Å². The SMILES string of the molecule is NCC(CCOc1cc2c(cc1S(=O)(=O)O)-c1cc(S(=O)(=O)O)c(OCCC(CN)Sc3ccccc3)cc1C2)Sc1ccccc1. The Kier molecular flexibility index (Phi) is 11.6. The van der Waals surface area contributed by atoms with Crippen LogP contribution in [0.1, 0.15) is 24.0 Å². The van der Waals surface area contributed by atoms with Gasteiger partial charge in [0.15, 0.2) is 0 Å². The standard InChI is InChI=1S/C33H36N2O8S4/c34-20-26(44-24-7-3-1-4-8-24)11-13-42-30-16-22-15-23-17-31(43-14-12-27(21-35)45-25-9-5-2-6-10-25)33(47(39,40)41)19-29(23)28(22)18-32(30)46(36,37)38/h1-10,16-19,26-27H,11-15,20-21,34-35H2,(H,36,37,38)(H,39,40,41). The van der Waals surface area contributed by atoms with Crippen LogP contribution in [-0.2, 0) is 26.7 Å². The minimum Gasteiger partial charge on any atom is -0.492 e. The molecule has 0 amide bonds. The Morgan fingerprint density at radius 3 is 1.36 bits per heavy atom. The van der Waals surface area contributed by atoms with Crippen LogP contribution in [0.4, 0.5) is 0 Å². The third-order valence-electron chi connectivity index (χ3n) is 7.58. The van der Waals surface area contributed by atoms with Crippen LogP contribution in [0.2, 0.25) is 0 Å². The van der Waals surface area contributed by atoms with Crippen molar-refractivity contribution in [2.75, 3.05) is 26.3 Å². The van der Waals surface area contributed by atoms with Gasteiger partial charge >= 0.3 is 0 Å². The number of rotatable bonds is 16. The Labute approximate surface area is 283 Å². The molecule has 2 unspecified atom stereocenters. The molecule has 0 spiro atoms. The molecular formula is C33H36N2O8S4. The van der Waals surface area contributed by atoms with E-state index in [1.165, 1.54) is 12.1 Å². The monoisotopic (exact) mass is 716 g/mol. The molecule has 6 N–H and O–H groups in total. The molecule has 0 aromatic heterocycles. The van der Waals surface area contributed by atoms with Crippen LogP contribution in [0.25, 0.3) is 11.1 Å². The highest BCUT2D eigenvalue weighted by molar-refractivity contribution is 8.00. The van der Waals surface area contributed by atoms with Crippen LogP contribution in [0.15, 0.2) is 105 Å². The summed E-state index contributed by atoms with van der Waals surface area (Å²) >= 11 is 3.19. The second kappa shape index (κ2) is 15.4. The second-order valence-corrected chi connectivity index (χ2v) is 16.4. The molecule has 0 radical (unpaired) electrons. The Hall–Kier alpha value is -3.08. The highest BCUT2D eigenvalue weighted by Gasteiger charge is 2.29. The minimum absolute atomic E-state index is 0.0135. The largest absolute Gasteiger partial charge is 0.492 e. The smallest absolute Gasteiger partial charge is 0.298 e. The zero-order valence-electron chi connectivity index (χ0n) is 25.3. The van der Waals surface area contributed by atoms with Gasteiger partial charge in [0.25, 0.3) is 20.2 Å². The van der Waals surface area contributed by atoms with Crippen molar-refractivity contribution in [2.24, 2.45) is 11.5 Å². The lowest BCUT2D eigenvalue weighted by Gasteiger charge is -2.17.